The van der Waals surface area contributed by atoms with Crippen molar-refractivity contribution in [1.29, 1.82) is 0 Å². The van der Waals surface area contributed by atoms with Gasteiger partial charge in [0.2, 0.25) is 0 Å². The Balaban J connectivity index is 2.78. The van der Waals surface area contributed by atoms with E-state index in [1.54, 1.807) is 6.08 Å². The van der Waals surface area contributed by atoms with Crippen LogP contribution in [0.1, 0.15) is 12.8 Å². The molecular weight excluding hydrogens is 129 g/mol. The van der Waals surface area contributed by atoms with Gasteiger partial charge in [0.05, 0.1) is 0 Å². The van der Waals surface area contributed by atoms with Gasteiger partial charge in [-0.1, -0.05) is 6.08 Å². The van der Waals surface area contributed by atoms with E-state index in [4.69, 9.17) is 5.73 Å². The van der Waals surface area contributed by atoms with E-state index in [-0.39, 0.29) is 5.78 Å². The van der Waals surface area contributed by atoms with Gasteiger partial charge in [0.15, 0.2) is 5.78 Å². The zero-order chi connectivity index (χ0) is 6.91. The second kappa shape index (κ2) is 2.26. The molecule has 0 saturated heterocycles. The summed E-state index contributed by atoms with van der Waals surface area (Å²) in [5.74, 6) is 0.111. The lowest BCUT2D eigenvalue weighted by Gasteiger charge is -2.23. The van der Waals surface area contributed by atoms with Gasteiger partial charge in [0.1, 0.15) is 0 Å². The van der Waals surface area contributed by atoms with Crippen LogP contribution in [0.4, 0.5) is 0 Å². The summed E-state index contributed by atoms with van der Waals surface area (Å²) in [5, 5.41) is 0. The Morgan fingerprint density at radius 1 is 1.78 bits per heavy atom. The number of allylic oxidation sites excluding steroid dienone is 1. The first kappa shape index (κ1) is 7.01. The van der Waals surface area contributed by atoms with Crippen LogP contribution in [0.3, 0.4) is 0 Å². The minimum atomic E-state index is -0.450. The Morgan fingerprint density at radius 2 is 2.44 bits per heavy atom. The van der Waals surface area contributed by atoms with Crippen LogP contribution in [-0.2, 0) is 4.79 Å². The summed E-state index contributed by atoms with van der Waals surface area (Å²) < 4.78 is -0.450. The standard InChI is InChI=1S/C6H8NO.Al.2H/c7-5-3-1-2-4-6(5)8;;;/h2,4H,1,3,7H2;;;. The predicted octanol–water partition coefficient (Wildman–Crippen LogP) is -0.806. The van der Waals surface area contributed by atoms with Crippen molar-refractivity contribution < 1.29 is 4.79 Å². The van der Waals surface area contributed by atoms with Gasteiger partial charge in [-0.3, -0.25) is 4.79 Å². The maximum Gasteiger partial charge on any atom is 0.256 e. The molecule has 0 aromatic rings. The van der Waals surface area contributed by atoms with Gasteiger partial charge >= 0.3 is 0 Å². The van der Waals surface area contributed by atoms with Gasteiger partial charge in [-0.05, 0) is 18.9 Å². The Labute approximate surface area is 62.5 Å². The monoisotopic (exact) mass is 139 g/mol. The summed E-state index contributed by atoms with van der Waals surface area (Å²) in [6.07, 6.45) is 5.31. The molecule has 0 aromatic heterocycles. The molecule has 0 heterocycles. The van der Waals surface area contributed by atoms with Gasteiger partial charge in [0, 0.05) is 4.40 Å². The maximum absolute atomic E-state index is 10.9. The van der Waals surface area contributed by atoms with Gasteiger partial charge < -0.3 is 5.73 Å². The van der Waals surface area contributed by atoms with E-state index in [1.165, 1.54) is 0 Å². The van der Waals surface area contributed by atoms with Crippen LogP contribution in [-0.4, -0.2) is 26.5 Å². The molecule has 1 atom stereocenters. The summed E-state index contributed by atoms with van der Waals surface area (Å²) in [6, 6.07) is 0. The van der Waals surface area contributed by atoms with Crippen molar-refractivity contribution in [2.75, 3.05) is 0 Å². The summed E-state index contributed by atoms with van der Waals surface area (Å²) in [5.41, 5.74) is 5.68. The Kier molecular flexibility index (Phi) is 1.76. The van der Waals surface area contributed by atoms with Gasteiger partial charge in [-0.15, -0.1) is 0 Å². The largest absolute Gasteiger partial charge is 0.331 e. The summed E-state index contributed by atoms with van der Waals surface area (Å²) in [6.45, 7) is 0. The predicted molar refractivity (Wildman–Crippen MR) is 38.8 cm³/mol. The number of carbonyl (C=O) groups excluding carboxylic acids is 1. The van der Waals surface area contributed by atoms with Crippen LogP contribution >= 0.6 is 0 Å². The first-order chi connectivity index (χ1) is 4.13. The zero-order valence-corrected chi connectivity index (χ0v) is 7.55. The molecule has 1 aliphatic rings. The lowest BCUT2D eigenvalue weighted by molar-refractivity contribution is -0.117. The van der Waals surface area contributed by atoms with Crippen molar-refractivity contribution in [3.8, 4) is 0 Å². The zero-order valence-electron chi connectivity index (χ0n) is 5.55. The molecule has 0 fully saturated rings. The highest BCUT2D eigenvalue weighted by Gasteiger charge is 2.26. The highest BCUT2D eigenvalue weighted by atomic mass is 27.0. The van der Waals surface area contributed by atoms with Crippen molar-refractivity contribution in [3.63, 3.8) is 0 Å². The molecule has 1 aliphatic carbocycles. The number of rotatable bonds is 0. The maximum atomic E-state index is 10.9. The quantitative estimate of drug-likeness (QED) is 0.446. The highest BCUT2D eigenvalue weighted by molar-refractivity contribution is 6.31. The molecule has 2 nitrogen and oxygen atoms in total. The van der Waals surface area contributed by atoms with Crippen molar-refractivity contribution in [3.05, 3.63) is 12.2 Å². The van der Waals surface area contributed by atoms with Gasteiger partial charge in [0.25, 0.3) is 16.3 Å². The van der Waals surface area contributed by atoms with E-state index in [1.807, 2.05) is 6.08 Å². The number of hydrogen-bond donors (Lipinski definition) is 1. The van der Waals surface area contributed by atoms with E-state index < -0.39 is 4.40 Å². The van der Waals surface area contributed by atoms with Gasteiger partial charge in [-0.2, -0.15) is 0 Å². The molecule has 1 unspecified atom stereocenters. The molecular formula is C6H10AlNO. The molecule has 1 rings (SSSR count). The molecule has 0 aliphatic heterocycles. The molecule has 0 saturated carbocycles. The van der Waals surface area contributed by atoms with Crippen LogP contribution in [0.25, 0.3) is 0 Å². The van der Waals surface area contributed by atoms with Crippen LogP contribution in [0.5, 0.6) is 0 Å². The average molecular weight is 139 g/mol. The minimum absolute atomic E-state index is 0.111. The molecule has 0 radical (unpaired) electrons. The Morgan fingerprint density at radius 3 is 2.78 bits per heavy atom. The van der Waals surface area contributed by atoms with Crippen molar-refractivity contribution in [2.24, 2.45) is 5.73 Å². The van der Waals surface area contributed by atoms with Crippen LogP contribution in [0.2, 0.25) is 0 Å². The van der Waals surface area contributed by atoms with Crippen molar-refractivity contribution >= 4 is 22.1 Å². The van der Waals surface area contributed by atoms with E-state index in [0.29, 0.717) is 0 Å². The smallest absolute Gasteiger partial charge is 0.256 e. The van der Waals surface area contributed by atoms with Crippen LogP contribution in [0, 0.1) is 0 Å². The normalized spacial score (nSPS) is 35.0. The van der Waals surface area contributed by atoms with E-state index >= 15 is 0 Å². The number of carbonyl (C=O) groups is 1. The topological polar surface area (TPSA) is 43.1 Å². The molecule has 0 spiro atoms. The van der Waals surface area contributed by atoms with Crippen molar-refractivity contribution in [2.45, 2.75) is 17.2 Å². The van der Waals surface area contributed by atoms with Gasteiger partial charge in [-0.25, -0.2) is 0 Å². The summed E-state index contributed by atoms with van der Waals surface area (Å²) >= 11 is 0.771. The number of nitrogens with two attached hydrogens (primary N) is 1. The molecule has 0 amide bonds. The third-order valence-electron chi connectivity index (χ3n) is 1.66. The molecule has 3 heteroatoms. The second-order valence-electron chi connectivity index (χ2n) is 2.72. The Bertz CT molecular complexity index is 162. The van der Waals surface area contributed by atoms with E-state index in [2.05, 4.69) is 0 Å². The first-order valence-corrected chi connectivity index (χ1v) is 4.13. The Hall–Kier alpha value is -0.0975. The third-order valence-corrected chi connectivity index (χ3v) is 2.66. The molecule has 48 valence electrons. The summed E-state index contributed by atoms with van der Waals surface area (Å²) in [7, 11) is 0. The fourth-order valence-corrected chi connectivity index (χ4v) is 1.34. The van der Waals surface area contributed by atoms with Crippen LogP contribution < -0.4 is 5.73 Å². The SMILES string of the molecule is N[C]1([AlH2])CCC=CC1=O. The number of ketones is 1. The van der Waals surface area contributed by atoms with Crippen molar-refractivity contribution in [1.82, 2.24) is 0 Å². The van der Waals surface area contributed by atoms with E-state index in [9.17, 15) is 4.79 Å². The fourth-order valence-electron chi connectivity index (χ4n) is 0.887. The molecule has 2 N–H and O–H groups in total. The first-order valence-electron chi connectivity index (χ1n) is 3.13. The minimum Gasteiger partial charge on any atom is -0.331 e. The molecule has 0 bridgehead atoms. The van der Waals surface area contributed by atoms with Crippen LogP contribution in [0.15, 0.2) is 12.2 Å². The molecule has 0 aromatic carbocycles. The van der Waals surface area contributed by atoms with E-state index in [0.717, 1.165) is 29.1 Å². The second-order valence-corrected chi connectivity index (χ2v) is 4.51. The molecule has 9 heavy (non-hydrogen) atoms. The third kappa shape index (κ3) is 1.42. The average Bonchev–Trinajstić information content (AvgIpc) is 1.77. The lowest BCUT2D eigenvalue weighted by atomic mass is 10.0. The number of hydrogen-bond acceptors (Lipinski definition) is 2. The fraction of sp³-hybridized carbons (Fsp3) is 0.500. The highest BCUT2D eigenvalue weighted by Crippen LogP contribution is 2.12. The summed E-state index contributed by atoms with van der Waals surface area (Å²) in [4.78, 5) is 10.9. The lowest BCUT2D eigenvalue weighted by Crippen LogP contribution is -2.48.